The second-order valence-electron chi connectivity index (χ2n) is 0.482. The summed E-state index contributed by atoms with van der Waals surface area (Å²) in [4.78, 5) is 0. The van der Waals surface area contributed by atoms with E-state index in [0.717, 1.165) is 6.26 Å². The molecule has 0 aromatic rings. The van der Waals surface area contributed by atoms with Gasteiger partial charge in [0.15, 0.2) is 0 Å². The third-order valence-corrected chi connectivity index (χ3v) is 0.171. The van der Waals surface area contributed by atoms with Crippen LogP contribution in [0, 0.1) is 0 Å². The number of nitrogens with one attached hydrogen (secondary N) is 1. The second-order valence-corrected chi connectivity index (χ2v) is 0.482. The quantitative estimate of drug-likeness (QED) is 0.223. The summed E-state index contributed by atoms with van der Waals surface area (Å²) in [5.41, 5.74) is 2.09. The molecule has 0 aliphatic heterocycles. The number of hydrogen-bond donors (Lipinski definition) is 3. The average molecular weight is 74.1 g/mol. The van der Waals surface area contributed by atoms with Gasteiger partial charge in [-0.05, 0) is 0 Å². The average Bonchev–Trinajstić information content (AvgIpc) is 1.41. The minimum Gasteiger partial charge on any atom is -0.514 e. The molecule has 3 heteroatoms. The Balaban J connectivity index is 2.62. The van der Waals surface area contributed by atoms with Gasteiger partial charge in [-0.2, -0.15) is 0 Å². The molecule has 5 heavy (non-hydrogen) atoms. The van der Waals surface area contributed by atoms with Crippen LogP contribution < -0.4 is 11.3 Å². The van der Waals surface area contributed by atoms with Crippen LogP contribution >= 0.6 is 0 Å². The molecular formula is C2H6N2O. The third-order valence-electron chi connectivity index (χ3n) is 0.171. The summed E-state index contributed by atoms with van der Waals surface area (Å²) in [5, 5.41) is 7.74. The molecule has 0 aliphatic carbocycles. The van der Waals surface area contributed by atoms with Gasteiger partial charge in [0.05, 0.1) is 6.26 Å². The van der Waals surface area contributed by atoms with Crippen molar-refractivity contribution in [2.45, 2.75) is 0 Å². The van der Waals surface area contributed by atoms with E-state index in [4.69, 9.17) is 5.11 Å². The fraction of sp³-hybridized carbons (Fsp3) is 0. The standard InChI is InChI=1S/C2H6N2O/c3-4-1-2-5/h1-2,4-5H,3H2/b2-1+. The largest absolute Gasteiger partial charge is 0.514 e. The molecule has 4 N–H and O–H groups in total. The maximum atomic E-state index is 7.74. The van der Waals surface area contributed by atoms with Crippen LogP contribution in [-0.4, -0.2) is 5.11 Å². The topological polar surface area (TPSA) is 58.3 Å². The normalized spacial score (nSPS) is 9.00. The van der Waals surface area contributed by atoms with Crippen LogP contribution in [0.15, 0.2) is 12.5 Å². The van der Waals surface area contributed by atoms with Crippen molar-refractivity contribution in [3.05, 3.63) is 12.5 Å². The Kier molecular flexibility index (Phi) is 2.84. The zero-order chi connectivity index (χ0) is 4.12. The van der Waals surface area contributed by atoms with E-state index in [-0.39, 0.29) is 0 Å². The highest BCUT2D eigenvalue weighted by Gasteiger charge is 1.46. The summed E-state index contributed by atoms with van der Waals surface area (Å²) in [6.07, 6.45) is 2.03. The first-order valence-corrected chi connectivity index (χ1v) is 1.17. The highest BCUT2D eigenvalue weighted by Crippen LogP contribution is 1.44. The molecule has 0 saturated carbocycles. The van der Waals surface area contributed by atoms with Crippen LogP contribution in [0.2, 0.25) is 0 Å². The molecule has 0 aliphatic rings. The third kappa shape index (κ3) is 3.30. The van der Waals surface area contributed by atoms with Gasteiger partial charge in [-0.15, -0.1) is 0 Å². The number of hydrogen-bond acceptors (Lipinski definition) is 3. The van der Waals surface area contributed by atoms with E-state index in [0.29, 0.717) is 0 Å². The van der Waals surface area contributed by atoms with Gasteiger partial charge in [-0.3, -0.25) is 5.84 Å². The summed E-state index contributed by atoms with van der Waals surface area (Å²) in [7, 11) is 0. The predicted molar refractivity (Wildman–Crippen MR) is 19.1 cm³/mol. The molecule has 0 amide bonds. The molecule has 30 valence electrons. The lowest BCUT2D eigenvalue weighted by atomic mass is 11.0. The van der Waals surface area contributed by atoms with E-state index >= 15 is 0 Å². The monoisotopic (exact) mass is 74.0 g/mol. The Morgan fingerprint density at radius 2 is 2.40 bits per heavy atom. The Morgan fingerprint density at radius 3 is 2.40 bits per heavy atom. The van der Waals surface area contributed by atoms with Gasteiger partial charge in [0.1, 0.15) is 0 Å². The smallest absolute Gasteiger partial charge is 0.0962 e. The second kappa shape index (κ2) is 3.30. The van der Waals surface area contributed by atoms with Gasteiger partial charge in [-0.25, -0.2) is 0 Å². The summed E-state index contributed by atoms with van der Waals surface area (Å²) >= 11 is 0. The lowest BCUT2D eigenvalue weighted by molar-refractivity contribution is 0.469. The molecule has 0 fully saturated rings. The number of aliphatic hydroxyl groups excluding tert-OH is 1. The zero-order valence-electron chi connectivity index (χ0n) is 2.68. The van der Waals surface area contributed by atoms with Crippen LogP contribution in [0.3, 0.4) is 0 Å². The Bertz CT molecular complexity index is 34.6. The zero-order valence-corrected chi connectivity index (χ0v) is 2.68. The van der Waals surface area contributed by atoms with Crippen molar-refractivity contribution in [1.82, 2.24) is 5.43 Å². The summed E-state index contributed by atoms with van der Waals surface area (Å²) < 4.78 is 0. The van der Waals surface area contributed by atoms with Crippen LogP contribution in [-0.2, 0) is 0 Å². The molecule has 0 aromatic heterocycles. The highest BCUT2D eigenvalue weighted by atomic mass is 16.2. The first kappa shape index (κ1) is 4.30. The minimum absolute atomic E-state index is 0.819. The van der Waals surface area contributed by atoms with Crippen molar-refractivity contribution < 1.29 is 5.11 Å². The summed E-state index contributed by atoms with van der Waals surface area (Å²) in [6, 6.07) is 0. The molecule has 0 atom stereocenters. The lowest BCUT2D eigenvalue weighted by Gasteiger charge is -1.75. The number of hydrazine groups is 1. The van der Waals surface area contributed by atoms with E-state index < -0.39 is 0 Å². The van der Waals surface area contributed by atoms with Gasteiger partial charge in [0.25, 0.3) is 0 Å². The summed E-state index contributed by atoms with van der Waals surface area (Å²) in [5.74, 6) is 4.64. The van der Waals surface area contributed by atoms with Crippen LogP contribution in [0.4, 0.5) is 0 Å². The minimum atomic E-state index is 0.819. The molecule has 0 bridgehead atoms. The van der Waals surface area contributed by atoms with Gasteiger partial charge in [0.2, 0.25) is 0 Å². The fourth-order valence-electron chi connectivity index (χ4n) is 0.0430. The number of rotatable bonds is 1. The van der Waals surface area contributed by atoms with Gasteiger partial charge >= 0.3 is 0 Å². The maximum absolute atomic E-state index is 7.74. The highest BCUT2D eigenvalue weighted by molar-refractivity contribution is 4.61. The lowest BCUT2D eigenvalue weighted by Crippen LogP contribution is -2.12. The maximum Gasteiger partial charge on any atom is 0.0962 e. The Hall–Kier alpha value is -0.700. The molecule has 0 saturated heterocycles. The number of nitrogens with two attached hydrogens (primary N) is 1. The van der Waals surface area contributed by atoms with E-state index in [1.165, 1.54) is 6.20 Å². The van der Waals surface area contributed by atoms with E-state index in [1.54, 1.807) is 0 Å². The van der Waals surface area contributed by atoms with Crippen molar-refractivity contribution in [1.29, 1.82) is 0 Å². The number of aliphatic hydroxyl groups is 1. The van der Waals surface area contributed by atoms with Crippen LogP contribution in [0.25, 0.3) is 0 Å². The van der Waals surface area contributed by atoms with E-state index in [1.807, 2.05) is 0 Å². The SMILES string of the molecule is NN/C=C/O. The molecular weight excluding hydrogens is 68.0 g/mol. The summed E-state index contributed by atoms with van der Waals surface area (Å²) in [6.45, 7) is 0. The van der Waals surface area contributed by atoms with E-state index in [2.05, 4.69) is 11.3 Å². The molecule has 0 radical (unpaired) electrons. The fourth-order valence-corrected chi connectivity index (χ4v) is 0.0430. The van der Waals surface area contributed by atoms with Crippen molar-refractivity contribution in [3.63, 3.8) is 0 Å². The molecule has 0 heterocycles. The van der Waals surface area contributed by atoms with Crippen LogP contribution in [0.1, 0.15) is 0 Å². The van der Waals surface area contributed by atoms with Gasteiger partial charge in [0, 0.05) is 6.20 Å². The van der Waals surface area contributed by atoms with Gasteiger partial charge in [-0.1, -0.05) is 0 Å². The molecule has 0 unspecified atom stereocenters. The first-order chi connectivity index (χ1) is 2.41. The van der Waals surface area contributed by atoms with Crippen LogP contribution in [0.5, 0.6) is 0 Å². The molecule has 3 nitrogen and oxygen atoms in total. The van der Waals surface area contributed by atoms with Gasteiger partial charge < -0.3 is 10.5 Å². The molecule has 0 rings (SSSR count). The van der Waals surface area contributed by atoms with Crippen molar-refractivity contribution in [3.8, 4) is 0 Å². The molecule has 0 spiro atoms. The molecule has 0 aromatic carbocycles. The Morgan fingerprint density at radius 1 is 1.80 bits per heavy atom. The Labute approximate surface area is 30.1 Å². The predicted octanol–water partition coefficient (Wildman–Crippen LogP) is -0.521. The first-order valence-electron chi connectivity index (χ1n) is 1.17. The van der Waals surface area contributed by atoms with E-state index in [9.17, 15) is 0 Å². The van der Waals surface area contributed by atoms with Crippen molar-refractivity contribution >= 4 is 0 Å². The van der Waals surface area contributed by atoms with Crippen molar-refractivity contribution in [2.75, 3.05) is 0 Å². The van der Waals surface area contributed by atoms with Crippen molar-refractivity contribution in [2.24, 2.45) is 5.84 Å².